The zero-order valence-corrected chi connectivity index (χ0v) is 17.1. The van der Waals surface area contributed by atoms with Gasteiger partial charge in [0, 0.05) is 38.5 Å². The number of methoxy groups -OCH3 is 2. The highest BCUT2D eigenvalue weighted by Gasteiger charge is 2.28. The van der Waals surface area contributed by atoms with E-state index in [0.29, 0.717) is 38.0 Å². The molecule has 0 bridgehead atoms. The van der Waals surface area contributed by atoms with E-state index < -0.39 is 0 Å². The number of ether oxygens (including phenoxy) is 3. The molecular formula is C19H29N3O4S. The minimum Gasteiger partial charge on any atom is -0.497 e. The number of likely N-dealkylation sites (tertiary alicyclic amines) is 1. The summed E-state index contributed by atoms with van der Waals surface area (Å²) in [6.07, 6.45) is 1.44. The number of carbonyl (C=O) groups is 1. The summed E-state index contributed by atoms with van der Waals surface area (Å²) < 4.78 is 15.5. The van der Waals surface area contributed by atoms with Gasteiger partial charge in [-0.15, -0.1) is 0 Å². The van der Waals surface area contributed by atoms with Gasteiger partial charge in [0.15, 0.2) is 5.11 Å². The van der Waals surface area contributed by atoms with Crippen LogP contribution in [0.4, 0.5) is 10.5 Å². The van der Waals surface area contributed by atoms with E-state index >= 15 is 0 Å². The lowest BCUT2D eigenvalue weighted by Crippen LogP contribution is -2.50. The van der Waals surface area contributed by atoms with Crippen LogP contribution in [0.3, 0.4) is 0 Å². The van der Waals surface area contributed by atoms with Crippen LogP contribution in [0.15, 0.2) is 24.3 Å². The maximum Gasteiger partial charge on any atom is 0.409 e. The Morgan fingerprint density at radius 1 is 1.26 bits per heavy atom. The molecule has 0 spiro atoms. The highest BCUT2D eigenvalue weighted by molar-refractivity contribution is 7.80. The molecule has 1 heterocycles. The van der Waals surface area contributed by atoms with Gasteiger partial charge in [0.2, 0.25) is 0 Å². The first kappa shape index (κ1) is 21.2. The van der Waals surface area contributed by atoms with Gasteiger partial charge in [0.1, 0.15) is 5.75 Å². The smallest absolute Gasteiger partial charge is 0.409 e. The van der Waals surface area contributed by atoms with Crippen molar-refractivity contribution in [2.45, 2.75) is 25.8 Å². The fraction of sp³-hybridized carbons (Fsp3) is 0.579. The Morgan fingerprint density at radius 2 is 1.93 bits per heavy atom. The standard InChI is InChI=1S/C19H29N3O4S/c1-4-26-19(23)21-11-9-16(10-12-21)22(13-14-24-2)18(27)20-15-5-7-17(25-3)8-6-15/h5-8,16H,4,9-14H2,1-3H3,(H,20,27). The molecule has 1 aliphatic rings. The number of rotatable bonds is 7. The van der Waals surface area contributed by atoms with Crippen molar-refractivity contribution in [1.29, 1.82) is 0 Å². The number of amides is 1. The second-order valence-electron chi connectivity index (χ2n) is 6.26. The van der Waals surface area contributed by atoms with Gasteiger partial charge in [-0.05, 0) is 56.2 Å². The second kappa shape index (κ2) is 10.9. The van der Waals surface area contributed by atoms with E-state index in [1.165, 1.54) is 0 Å². The highest BCUT2D eigenvalue weighted by atomic mass is 32.1. The Hall–Kier alpha value is -2.06. The molecule has 1 aromatic carbocycles. The molecule has 1 aromatic rings. The van der Waals surface area contributed by atoms with Gasteiger partial charge < -0.3 is 29.3 Å². The van der Waals surface area contributed by atoms with E-state index in [1.54, 1.807) is 19.1 Å². The molecule has 0 aromatic heterocycles. The molecule has 0 saturated carbocycles. The van der Waals surface area contributed by atoms with Crippen LogP contribution in [-0.4, -0.2) is 74.1 Å². The van der Waals surface area contributed by atoms with Crippen LogP contribution < -0.4 is 10.1 Å². The normalized spacial score (nSPS) is 14.6. The zero-order valence-electron chi connectivity index (χ0n) is 16.3. The molecule has 150 valence electrons. The van der Waals surface area contributed by atoms with Crippen LogP contribution in [0.2, 0.25) is 0 Å². The molecule has 0 radical (unpaired) electrons. The van der Waals surface area contributed by atoms with Crippen molar-refractivity contribution in [2.24, 2.45) is 0 Å². The van der Waals surface area contributed by atoms with Gasteiger partial charge >= 0.3 is 6.09 Å². The Morgan fingerprint density at radius 3 is 2.48 bits per heavy atom. The Bertz CT molecular complexity index is 603. The van der Waals surface area contributed by atoms with Crippen molar-refractivity contribution in [1.82, 2.24) is 9.80 Å². The second-order valence-corrected chi connectivity index (χ2v) is 6.65. The maximum absolute atomic E-state index is 11.9. The average molecular weight is 396 g/mol. The molecular weight excluding hydrogens is 366 g/mol. The van der Waals surface area contributed by atoms with Crippen LogP contribution in [-0.2, 0) is 9.47 Å². The fourth-order valence-corrected chi connectivity index (χ4v) is 3.44. The third-order valence-corrected chi connectivity index (χ3v) is 4.91. The highest BCUT2D eigenvalue weighted by Crippen LogP contribution is 2.20. The number of anilines is 1. The van der Waals surface area contributed by atoms with Gasteiger partial charge in [-0.25, -0.2) is 4.79 Å². The Kier molecular flexibility index (Phi) is 8.60. The molecule has 0 atom stereocenters. The van der Waals surface area contributed by atoms with Crippen molar-refractivity contribution in [3.63, 3.8) is 0 Å². The minimum atomic E-state index is -0.238. The van der Waals surface area contributed by atoms with E-state index in [9.17, 15) is 4.79 Å². The number of carbonyl (C=O) groups excluding carboxylic acids is 1. The number of thiocarbonyl (C=S) groups is 1. The van der Waals surface area contributed by atoms with Crippen LogP contribution in [0.1, 0.15) is 19.8 Å². The molecule has 27 heavy (non-hydrogen) atoms. The molecule has 0 aliphatic carbocycles. The molecule has 7 nitrogen and oxygen atoms in total. The van der Waals surface area contributed by atoms with Crippen molar-refractivity contribution in [3.8, 4) is 5.75 Å². The lowest BCUT2D eigenvalue weighted by molar-refractivity contribution is 0.0829. The largest absolute Gasteiger partial charge is 0.497 e. The predicted molar refractivity (Wildman–Crippen MR) is 109 cm³/mol. The summed E-state index contributed by atoms with van der Waals surface area (Å²) in [5.41, 5.74) is 0.909. The number of hydrogen-bond donors (Lipinski definition) is 1. The molecule has 1 N–H and O–H groups in total. The monoisotopic (exact) mass is 395 g/mol. The minimum absolute atomic E-state index is 0.238. The van der Waals surface area contributed by atoms with Gasteiger partial charge in [-0.3, -0.25) is 0 Å². The number of nitrogens with one attached hydrogen (secondary N) is 1. The summed E-state index contributed by atoms with van der Waals surface area (Å²) in [5, 5.41) is 3.95. The molecule has 1 amide bonds. The van der Waals surface area contributed by atoms with Crippen molar-refractivity contribution in [3.05, 3.63) is 24.3 Å². The van der Waals surface area contributed by atoms with Crippen LogP contribution in [0.5, 0.6) is 5.75 Å². The van der Waals surface area contributed by atoms with E-state index in [2.05, 4.69) is 10.2 Å². The summed E-state index contributed by atoms with van der Waals surface area (Å²) >= 11 is 5.66. The van der Waals surface area contributed by atoms with E-state index in [-0.39, 0.29) is 12.1 Å². The van der Waals surface area contributed by atoms with Crippen molar-refractivity contribution in [2.75, 3.05) is 52.4 Å². The molecule has 0 unspecified atom stereocenters. The third kappa shape index (κ3) is 6.25. The number of piperidine rings is 1. The molecule has 1 fully saturated rings. The lowest BCUT2D eigenvalue weighted by atomic mass is 10.0. The van der Waals surface area contributed by atoms with E-state index in [4.69, 9.17) is 26.4 Å². The van der Waals surface area contributed by atoms with Crippen LogP contribution in [0, 0.1) is 0 Å². The predicted octanol–water partition coefficient (Wildman–Crippen LogP) is 2.96. The molecule has 1 saturated heterocycles. The third-order valence-electron chi connectivity index (χ3n) is 4.57. The Balaban J connectivity index is 1.97. The summed E-state index contributed by atoms with van der Waals surface area (Å²) in [6, 6.07) is 7.90. The van der Waals surface area contributed by atoms with Crippen LogP contribution in [0.25, 0.3) is 0 Å². The van der Waals surface area contributed by atoms with Crippen molar-refractivity contribution >= 4 is 29.1 Å². The SMILES string of the molecule is CCOC(=O)N1CCC(N(CCOC)C(=S)Nc2ccc(OC)cc2)CC1. The molecule has 8 heteroatoms. The zero-order chi connectivity index (χ0) is 19.6. The summed E-state index contributed by atoms with van der Waals surface area (Å²) in [4.78, 5) is 15.8. The quantitative estimate of drug-likeness (QED) is 0.712. The molecule has 2 rings (SSSR count). The fourth-order valence-electron chi connectivity index (χ4n) is 3.08. The first-order valence-electron chi connectivity index (χ1n) is 9.21. The van der Waals surface area contributed by atoms with E-state index in [1.807, 2.05) is 31.2 Å². The molecule has 1 aliphatic heterocycles. The van der Waals surface area contributed by atoms with Crippen molar-refractivity contribution < 1.29 is 19.0 Å². The van der Waals surface area contributed by atoms with Crippen LogP contribution >= 0.6 is 12.2 Å². The summed E-state index contributed by atoms with van der Waals surface area (Å²) in [5.74, 6) is 0.800. The van der Waals surface area contributed by atoms with Gasteiger partial charge in [-0.1, -0.05) is 0 Å². The average Bonchev–Trinajstić information content (AvgIpc) is 2.69. The van der Waals surface area contributed by atoms with Gasteiger partial charge in [-0.2, -0.15) is 0 Å². The maximum atomic E-state index is 11.9. The number of benzene rings is 1. The Labute approximate surface area is 166 Å². The van der Waals surface area contributed by atoms with E-state index in [0.717, 1.165) is 24.3 Å². The summed E-state index contributed by atoms with van der Waals surface area (Å²) in [7, 11) is 3.32. The first-order chi connectivity index (χ1) is 13.1. The number of hydrogen-bond acceptors (Lipinski definition) is 5. The summed E-state index contributed by atoms with van der Waals surface area (Å²) in [6.45, 7) is 4.83. The van der Waals surface area contributed by atoms with Gasteiger partial charge in [0.25, 0.3) is 0 Å². The topological polar surface area (TPSA) is 63.3 Å². The lowest BCUT2D eigenvalue weighted by Gasteiger charge is -2.39. The van der Waals surface area contributed by atoms with Gasteiger partial charge in [0.05, 0.1) is 20.3 Å². The number of nitrogens with zero attached hydrogens (tertiary/aromatic N) is 2. The first-order valence-corrected chi connectivity index (χ1v) is 9.62.